The van der Waals surface area contributed by atoms with Gasteiger partial charge in [0.1, 0.15) is 0 Å². The fourth-order valence-electron chi connectivity index (χ4n) is 6.34. The zero-order valence-corrected chi connectivity index (χ0v) is 20.6. The van der Waals surface area contributed by atoms with Gasteiger partial charge >= 0.3 is 0 Å². The third-order valence-corrected chi connectivity index (χ3v) is 8.09. The Balaban J connectivity index is 1.47. The maximum Gasteiger partial charge on any atom is -0.00295 e. The Morgan fingerprint density at radius 1 is 0.500 bits per heavy atom. The van der Waals surface area contributed by atoms with Crippen LogP contribution >= 0.6 is 0 Å². The Kier molecular flexibility index (Phi) is 5.32. The molecule has 0 atom stereocenters. The molecule has 0 N–H and O–H groups in total. The van der Waals surface area contributed by atoms with Crippen LogP contribution in [0.1, 0.15) is 44.1 Å². The summed E-state index contributed by atoms with van der Waals surface area (Å²) in [6, 6.07) is 24.7. The second-order valence-electron chi connectivity index (χ2n) is 10.2. The van der Waals surface area contributed by atoms with Crippen molar-refractivity contribution in [1.82, 2.24) is 0 Å². The summed E-state index contributed by atoms with van der Waals surface area (Å²) < 4.78 is 0. The van der Waals surface area contributed by atoms with E-state index < -0.39 is 0 Å². The van der Waals surface area contributed by atoms with Gasteiger partial charge in [0, 0.05) is 0 Å². The molecule has 0 amide bonds. The van der Waals surface area contributed by atoms with E-state index in [1.54, 1.807) is 0 Å². The minimum Gasteiger partial charge on any atom is -0.0842 e. The molecule has 0 saturated carbocycles. The zero-order chi connectivity index (χ0) is 23.9. The van der Waals surface area contributed by atoms with Gasteiger partial charge in [-0.3, -0.25) is 0 Å². The van der Waals surface area contributed by atoms with Crippen molar-refractivity contribution in [2.75, 3.05) is 0 Å². The molecule has 0 heteroatoms. The summed E-state index contributed by atoms with van der Waals surface area (Å²) in [6.07, 6.45) is 23.4. The Labute approximate surface area is 213 Å². The van der Waals surface area contributed by atoms with E-state index in [0.717, 1.165) is 25.7 Å². The van der Waals surface area contributed by atoms with Crippen LogP contribution in [0, 0.1) is 0 Å². The first-order chi connectivity index (χ1) is 17.9. The van der Waals surface area contributed by atoms with Gasteiger partial charge in [-0.1, -0.05) is 103 Å². The van der Waals surface area contributed by atoms with Gasteiger partial charge in [-0.15, -0.1) is 0 Å². The van der Waals surface area contributed by atoms with Gasteiger partial charge in [0.05, 0.1) is 0 Å². The third-order valence-electron chi connectivity index (χ3n) is 8.09. The minimum atomic E-state index is 1.10. The molecule has 4 aromatic rings. The van der Waals surface area contributed by atoms with Gasteiger partial charge in [0.25, 0.3) is 0 Å². The van der Waals surface area contributed by atoms with E-state index in [0.29, 0.717) is 0 Å². The molecule has 4 aromatic carbocycles. The Bertz CT molecular complexity index is 1770. The molecule has 0 fully saturated rings. The zero-order valence-electron chi connectivity index (χ0n) is 20.6. The lowest BCUT2D eigenvalue weighted by Gasteiger charge is -2.22. The van der Waals surface area contributed by atoms with Crippen LogP contribution in [-0.2, 0) is 0 Å². The van der Waals surface area contributed by atoms with Crippen LogP contribution in [0.25, 0.3) is 50.4 Å². The molecule has 7 rings (SSSR count). The molecule has 3 aliphatic rings. The number of benzene rings is 4. The monoisotopic (exact) mass is 462 g/mol. The minimum absolute atomic E-state index is 1.10. The van der Waals surface area contributed by atoms with Crippen molar-refractivity contribution in [3.05, 3.63) is 124 Å². The first-order valence-corrected chi connectivity index (χ1v) is 13.4. The van der Waals surface area contributed by atoms with Crippen LogP contribution in [0.3, 0.4) is 0 Å². The topological polar surface area (TPSA) is 0 Å². The maximum atomic E-state index is 2.50. The fourth-order valence-corrected chi connectivity index (χ4v) is 6.34. The SMILES string of the molecule is C1=CCCC(C2=CC=C(c3c4c(c(-c5ccc6ccccc6c5)c5ccccc35)=CCCC=4)CC2)=C1. The van der Waals surface area contributed by atoms with E-state index in [4.69, 9.17) is 0 Å². The third kappa shape index (κ3) is 3.60. The maximum absolute atomic E-state index is 2.50. The molecule has 0 aromatic heterocycles. The Morgan fingerprint density at radius 3 is 1.92 bits per heavy atom. The number of hydrogen-bond donors (Lipinski definition) is 0. The summed E-state index contributed by atoms with van der Waals surface area (Å²) in [7, 11) is 0. The number of allylic oxidation sites excluding steroid dienone is 8. The molecule has 3 aliphatic carbocycles. The van der Waals surface area contributed by atoms with Gasteiger partial charge in [-0.05, 0) is 110 Å². The van der Waals surface area contributed by atoms with Crippen molar-refractivity contribution in [1.29, 1.82) is 0 Å². The van der Waals surface area contributed by atoms with E-state index in [-0.39, 0.29) is 0 Å². The summed E-state index contributed by atoms with van der Waals surface area (Å²) in [6.45, 7) is 0. The summed E-state index contributed by atoms with van der Waals surface area (Å²) in [5.74, 6) is 0. The molecule has 0 radical (unpaired) electrons. The molecule has 174 valence electrons. The highest BCUT2D eigenvalue weighted by Gasteiger charge is 2.19. The smallest absolute Gasteiger partial charge is 0.00295 e. The Hall–Kier alpha value is -3.90. The van der Waals surface area contributed by atoms with Crippen molar-refractivity contribution in [3.8, 4) is 11.1 Å². The highest BCUT2D eigenvalue weighted by atomic mass is 14.2. The molecular weight excluding hydrogens is 432 g/mol. The summed E-state index contributed by atoms with van der Waals surface area (Å²) in [5, 5.41) is 8.20. The fraction of sp³-hybridized carbons (Fsp3) is 0.167. The molecule has 0 unspecified atom stereocenters. The van der Waals surface area contributed by atoms with Crippen LogP contribution in [0.4, 0.5) is 0 Å². The quantitative estimate of drug-likeness (QED) is 0.287. The van der Waals surface area contributed by atoms with Crippen molar-refractivity contribution < 1.29 is 0 Å². The normalized spacial score (nSPS) is 17.1. The molecule has 0 spiro atoms. The highest BCUT2D eigenvalue weighted by Crippen LogP contribution is 2.36. The number of rotatable bonds is 3. The van der Waals surface area contributed by atoms with Crippen molar-refractivity contribution in [2.24, 2.45) is 0 Å². The van der Waals surface area contributed by atoms with E-state index in [1.807, 2.05) is 0 Å². The van der Waals surface area contributed by atoms with Gasteiger partial charge in [0.2, 0.25) is 0 Å². The predicted octanol–water partition coefficient (Wildman–Crippen LogP) is 8.39. The lowest BCUT2D eigenvalue weighted by atomic mass is 9.82. The van der Waals surface area contributed by atoms with E-state index in [9.17, 15) is 0 Å². The molecule has 36 heavy (non-hydrogen) atoms. The van der Waals surface area contributed by atoms with Gasteiger partial charge in [-0.25, -0.2) is 0 Å². The lowest BCUT2D eigenvalue weighted by Crippen LogP contribution is -2.33. The summed E-state index contributed by atoms with van der Waals surface area (Å²) in [5.41, 5.74) is 8.67. The van der Waals surface area contributed by atoms with Crippen LogP contribution in [0.5, 0.6) is 0 Å². The van der Waals surface area contributed by atoms with Crippen molar-refractivity contribution in [2.45, 2.75) is 38.5 Å². The van der Waals surface area contributed by atoms with Crippen molar-refractivity contribution in [3.63, 3.8) is 0 Å². The van der Waals surface area contributed by atoms with Crippen LogP contribution in [0.15, 0.2) is 108 Å². The molecule has 0 aliphatic heterocycles. The Morgan fingerprint density at radius 2 is 1.17 bits per heavy atom. The van der Waals surface area contributed by atoms with E-state index in [2.05, 4.69) is 109 Å². The molecule has 0 nitrogen and oxygen atoms in total. The van der Waals surface area contributed by atoms with Crippen LogP contribution in [-0.4, -0.2) is 0 Å². The number of hydrogen-bond acceptors (Lipinski definition) is 0. The second kappa shape index (κ2) is 8.95. The molecule has 0 bridgehead atoms. The first kappa shape index (κ1) is 21.4. The highest BCUT2D eigenvalue weighted by molar-refractivity contribution is 6.05. The lowest BCUT2D eigenvalue weighted by molar-refractivity contribution is 0.905. The summed E-state index contributed by atoms with van der Waals surface area (Å²) >= 11 is 0. The average Bonchev–Trinajstić information content (AvgIpc) is 2.96. The predicted molar refractivity (Wildman–Crippen MR) is 156 cm³/mol. The average molecular weight is 463 g/mol. The van der Waals surface area contributed by atoms with Crippen molar-refractivity contribution >= 4 is 39.3 Å². The van der Waals surface area contributed by atoms with Gasteiger partial charge in [-0.2, -0.15) is 0 Å². The second-order valence-corrected chi connectivity index (χ2v) is 10.2. The number of fused-ring (bicyclic) bond motifs is 3. The molecule has 0 heterocycles. The van der Waals surface area contributed by atoms with Crippen LogP contribution in [0.2, 0.25) is 0 Å². The van der Waals surface area contributed by atoms with Gasteiger partial charge < -0.3 is 0 Å². The standard InChI is InChI=1S/C36H30/c1-2-10-25(11-3-1)27-18-21-28(22-19-27)35-31-14-6-8-16-33(31)36(34-17-9-7-15-32(34)35)30-23-20-26-12-4-5-13-29(26)24-30/h1-2,4-6,8,10,12-18,20-21,23-24H,3,7,9,11,19,22H2. The molecular formula is C36H30. The first-order valence-electron chi connectivity index (χ1n) is 13.4. The largest absolute Gasteiger partial charge is 0.0842 e. The van der Waals surface area contributed by atoms with Gasteiger partial charge in [0.15, 0.2) is 0 Å². The van der Waals surface area contributed by atoms with E-state index in [1.165, 1.54) is 78.2 Å². The summed E-state index contributed by atoms with van der Waals surface area (Å²) in [4.78, 5) is 0. The van der Waals surface area contributed by atoms with Crippen LogP contribution < -0.4 is 10.4 Å². The molecule has 0 saturated heterocycles. The van der Waals surface area contributed by atoms with E-state index >= 15 is 0 Å².